The minimum absolute atomic E-state index is 0.658. The van der Waals surface area contributed by atoms with Crippen molar-refractivity contribution >= 4 is 28.8 Å². The van der Waals surface area contributed by atoms with E-state index in [1.807, 2.05) is 12.1 Å². The van der Waals surface area contributed by atoms with E-state index in [1.54, 1.807) is 17.5 Å². The standard InChI is InChI=1S/C11H11ClN2S/c1-8-6-15-7-9(8)5-14-11-10(12)3-2-4-13-11/h2-4,6-7H,5H2,1H3,(H,13,14). The molecule has 0 unspecified atom stereocenters. The second-order valence-corrected chi connectivity index (χ2v) is 4.42. The Labute approximate surface area is 97.9 Å². The predicted molar refractivity (Wildman–Crippen MR) is 65.6 cm³/mol. The first-order valence-corrected chi connectivity index (χ1v) is 5.95. The van der Waals surface area contributed by atoms with Crippen molar-refractivity contribution in [3.05, 3.63) is 45.2 Å². The van der Waals surface area contributed by atoms with E-state index in [9.17, 15) is 0 Å². The van der Waals surface area contributed by atoms with Crippen LogP contribution in [0.3, 0.4) is 0 Å². The lowest BCUT2D eigenvalue weighted by Crippen LogP contribution is -2.01. The number of nitrogens with one attached hydrogen (secondary N) is 1. The van der Waals surface area contributed by atoms with Crippen LogP contribution in [0.4, 0.5) is 5.82 Å². The van der Waals surface area contributed by atoms with Crippen LogP contribution in [-0.4, -0.2) is 4.98 Å². The van der Waals surface area contributed by atoms with Crippen LogP contribution in [0.1, 0.15) is 11.1 Å². The monoisotopic (exact) mass is 238 g/mol. The molecule has 78 valence electrons. The molecular weight excluding hydrogens is 228 g/mol. The van der Waals surface area contributed by atoms with Crippen LogP contribution < -0.4 is 5.32 Å². The van der Waals surface area contributed by atoms with E-state index in [2.05, 4.69) is 28.0 Å². The van der Waals surface area contributed by atoms with Crippen LogP contribution in [0.25, 0.3) is 0 Å². The van der Waals surface area contributed by atoms with Crippen molar-refractivity contribution in [2.75, 3.05) is 5.32 Å². The zero-order valence-electron chi connectivity index (χ0n) is 8.33. The first-order chi connectivity index (χ1) is 7.27. The Kier molecular flexibility index (Phi) is 3.23. The molecule has 4 heteroatoms. The zero-order valence-corrected chi connectivity index (χ0v) is 9.90. The maximum atomic E-state index is 5.98. The van der Waals surface area contributed by atoms with E-state index in [1.165, 1.54) is 11.1 Å². The summed E-state index contributed by atoms with van der Waals surface area (Å²) in [5.74, 6) is 0.741. The predicted octanol–water partition coefficient (Wildman–Crippen LogP) is 3.72. The molecule has 0 aliphatic carbocycles. The normalized spacial score (nSPS) is 10.3. The van der Waals surface area contributed by atoms with E-state index in [-0.39, 0.29) is 0 Å². The largest absolute Gasteiger partial charge is 0.365 e. The fourth-order valence-corrected chi connectivity index (χ4v) is 2.31. The molecule has 0 saturated carbocycles. The SMILES string of the molecule is Cc1cscc1CNc1ncccc1Cl. The quantitative estimate of drug-likeness (QED) is 0.882. The van der Waals surface area contributed by atoms with E-state index in [0.29, 0.717) is 5.02 Å². The molecule has 0 saturated heterocycles. The Morgan fingerprint density at radius 1 is 1.47 bits per heavy atom. The van der Waals surface area contributed by atoms with Crippen LogP contribution in [0, 0.1) is 6.92 Å². The topological polar surface area (TPSA) is 24.9 Å². The molecule has 2 aromatic rings. The second kappa shape index (κ2) is 4.64. The summed E-state index contributed by atoms with van der Waals surface area (Å²) >= 11 is 7.69. The van der Waals surface area contributed by atoms with Crippen molar-refractivity contribution in [2.45, 2.75) is 13.5 Å². The number of hydrogen-bond acceptors (Lipinski definition) is 3. The lowest BCUT2D eigenvalue weighted by molar-refractivity contribution is 1.10. The molecule has 0 amide bonds. The molecule has 15 heavy (non-hydrogen) atoms. The van der Waals surface area contributed by atoms with Crippen molar-refractivity contribution < 1.29 is 0 Å². The van der Waals surface area contributed by atoms with Gasteiger partial charge >= 0.3 is 0 Å². The summed E-state index contributed by atoms with van der Waals surface area (Å²) < 4.78 is 0. The van der Waals surface area contributed by atoms with Gasteiger partial charge in [-0.1, -0.05) is 11.6 Å². The molecule has 0 radical (unpaired) electrons. The number of pyridine rings is 1. The summed E-state index contributed by atoms with van der Waals surface area (Å²) in [6.07, 6.45) is 1.73. The lowest BCUT2D eigenvalue weighted by Gasteiger charge is -2.06. The van der Waals surface area contributed by atoms with E-state index >= 15 is 0 Å². The van der Waals surface area contributed by atoms with Gasteiger partial charge in [-0.25, -0.2) is 4.98 Å². The summed E-state index contributed by atoms with van der Waals surface area (Å²) in [6, 6.07) is 3.65. The molecule has 0 aliphatic heterocycles. The molecule has 0 fully saturated rings. The molecule has 0 spiro atoms. The first kappa shape index (κ1) is 10.5. The first-order valence-electron chi connectivity index (χ1n) is 4.63. The molecule has 0 atom stereocenters. The third-order valence-electron chi connectivity index (χ3n) is 2.17. The lowest BCUT2D eigenvalue weighted by atomic mass is 10.2. The van der Waals surface area contributed by atoms with Crippen molar-refractivity contribution in [1.29, 1.82) is 0 Å². The summed E-state index contributed by atoms with van der Waals surface area (Å²) in [5, 5.41) is 8.15. The van der Waals surface area contributed by atoms with Gasteiger partial charge in [-0.3, -0.25) is 0 Å². The van der Waals surface area contributed by atoms with Crippen LogP contribution >= 0.6 is 22.9 Å². The molecule has 0 aromatic carbocycles. The van der Waals surface area contributed by atoms with Crippen molar-refractivity contribution in [3.63, 3.8) is 0 Å². The van der Waals surface area contributed by atoms with Crippen molar-refractivity contribution in [1.82, 2.24) is 4.98 Å². The third kappa shape index (κ3) is 2.49. The number of anilines is 1. The van der Waals surface area contributed by atoms with Gasteiger partial charge in [-0.05, 0) is 40.9 Å². The van der Waals surface area contributed by atoms with Crippen molar-refractivity contribution in [3.8, 4) is 0 Å². The Morgan fingerprint density at radius 2 is 2.33 bits per heavy atom. The molecule has 2 rings (SSSR count). The molecule has 2 heterocycles. The maximum Gasteiger partial charge on any atom is 0.145 e. The third-order valence-corrected chi connectivity index (χ3v) is 3.38. The van der Waals surface area contributed by atoms with Gasteiger partial charge in [0.15, 0.2) is 0 Å². The van der Waals surface area contributed by atoms with Crippen LogP contribution in [0.15, 0.2) is 29.1 Å². The Morgan fingerprint density at radius 3 is 3.00 bits per heavy atom. The van der Waals surface area contributed by atoms with E-state index < -0.39 is 0 Å². The average molecular weight is 239 g/mol. The highest BCUT2D eigenvalue weighted by molar-refractivity contribution is 7.08. The Bertz CT molecular complexity index is 453. The molecule has 1 N–H and O–H groups in total. The molecule has 2 nitrogen and oxygen atoms in total. The smallest absolute Gasteiger partial charge is 0.145 e. The number of nitrogens with zero attached hydrogens (tertiary/aromatic N) is 1. The molecule has 0 aliphatic rings. The molecule has 2 aromatic heterocycles. The maximum absolute atomic E-state index is 5.98. The van der Waals surface area contributed by atoms with Gasteiger partial charge in [0.25, 0.3) is 0 Å². The zero-order chi connectivity index (χ0) is 10.7. The van der Waals surface area contributed by atoms with Gasteiger partial charge < -0.3 is 5.32 Å². The number of rotatable bonds is 3. The minimum Gasteiger partial charge on any atom is -0.365 e. The second-order valence-electron chi connectivity index (χ2n) is 3.27. The van der Waals surface area contributed by atoms with E-state index in [4.69, 9.17) is 11.6 Å². The summed E-state index contributed by atoms with van der Waals surface area (Å²) in [7, 11) is 0. The Hall–Kier alpha value is -1.06. The van der Waals surface area contributed by atoms with Gasteiger partial charge in [0.05, 0.1) is 5.02 Å². The molecular formula is C11H11ClN2S. The number of hydrogen-bond donors (Lipinski definition) is 1. The summed E-state index contributed by atoms with van der Waals surface area (Å²) in [6.45, 7) is 2.87. The van der Waals surface area contributed by atoms with Gasteiger partial charge in [0.1, 0.15) is 5.82 Å². The fourth-order valence-electron chi connectivity index (χ4n) is 1.26. The fraction of sp³-hybridized carbons (Fsp3) is 0.182. The summed E-state index contributed by atoms with van der Waals surface area (Å²) in [5.41, 5.74) is 2.60. The number of thiophene rings is 1. The number of aromatic nitrogens is 1. The van der Waals surface area contributed by atoms with Gasteiger partial charge in [0, 0.05) is 12.7 Å². The number of halogens is 1. The van der Waals surface area contributed by atoms with Crippen LogP contribution in [0.2, 0.25) is 5.02 Å². The van der Waals surface area contributed by atoms with Crippen LogP contribution in [0.5, 0.6) is 0 Å². The average Bonchev–Trinajstić information content (AvgIpc) is 2.63. The minimum atomic E-state index is 0.658. The number of aryl methyl sites for hydroxylation is 1. The highest BCUT2D eigenvalue weighted by Gasteiger charge is 2.02. The Balaban J connectivity index is 2.06. The van der Waals surface area contributed by atoms with Crippen molar-refractivity contribution in [2.24, 2.45) is 0 Å². The van der Waals surface area contributed by atoms with E-state index in [0.717, 1.165) is 12.4 Å². The van der Waals surface area contributed by atoms with Gasteiger partial charge in [-0.15, -0.1) is 0 Å². The van der Waals surface area contributed by atoms with Gasteiger partial charge in [0.2, 0.25) is 0 Å². The summed E-state index contributed by atoms with van der Waals surface area (Å²) in [4.78, 5) is 4.17. The van der Waals surface area contributed by atoms with Gasteiger partial charge in [-0.2, -0.15) is 11.3 Å². The molecule has 0 bridgehead atoms. The highest BCUT2D eigenvalue weighted by Crippen LogP contribution is 2.20. The highest BCUT2D eigenvalue weighted by atomic mass is 35.5. The van der Waals surface area contributed by atoms with Crippen LogP contribution in [-0.2, 0) is 6.54 Å².